The highest BCUT2D eigenvalue weighted by atomic mass is 32.2. The fourth-order valence-electron chi connectivity index (χ4n) is 1.85. The van der Waals surface area contributed by atoms with E-state index in [9.17, 15) is 8.42 Å². The van der Waals surface area contributed by atoms with Crippen molar-refractivity contribution in [2.45, 2.75) is 31.3 Å². The van der Waals surface area contributed by atoms with Crippen LogP contribution < -0.4 is 10.5 Å². The van der Waals surface area contributed by atoms with Gasteiger partial charge in [-0.3, -0.25) is 4.72 Å². The van der Waals surface area contributed by atoms with Gasteiger partial charge < -0.3 is 10.3 Å². The summed E-state index contributed by atoms with van der Waals surface area (Å²) in [6.07, 6.45) is 3.96. The third-order valence-corrected chi connectivity index (χ3v) is 4.08. The molecule has 0 atom stereocenters. The fourth-order valence-corrected chi connectivity index (χ4v) is 2.90. The highest BCUT2D eigenvalue weighted by Crippen LogP contribution is 2.17. The van der Waals surface area contributed by atoms with E-state index in [4.69, 9.17) is 5.73 Å². The van der Waals surface area contributed by atoms with Gasteiger partial charge in [-0.05, 0) is 24.6 Å². The Bertz CT molecular complexity index is 666. The fraction of sp³-hybridized carbons (Fsp3) is 0.333. The van der Waals surface area contributed by atoms with E-state index in [1.807, 2.05) is 11.5 Å². The topological polar surface area (TPSA) is 103 Å². The lowest BCUT2D eigenvalue weighted by Gasteiger charge is -2.04. The van der Waals surface area contributed by atoms with E-state index in [1.165, 1.54) is 12.3 Å². The van der Waals surface area contributed by atoms with E-state index in [2.05, 4.69) is 14.9 Å². The molecule has 0 saturated carbocycles. The number of nitrogens with two attached hydrogens (primary N) is 1. The molecule has 0 aliphatic heterocycles. The molecule has 0 aliphatic rings. The summed E-state index contributed by atoms with van der Waals surface area (Å²) < 4.78 is 28.7. The van der Waals surface area contributed by atoms with Crippen molar-refractivity contribution in [3.63, 3.8) is 0 Å². The summed E-state index contributed by atoms with van der Waals surface area (Å²) in [7, 11) is -3.67. The molecular formula is C12H17N5O2S. The molecule has 0 aromatic carbocycles. The van der Waals surface area contributed by atoms with Gasteiger partial charge in [0, 0.05) is 31.2 Å². The van der Waals surface area contributed by atoms with E-state index >= 15 is 0 Å². The third kappa shape index (κ3) is 3.14. The molecule has 2 rings (SSSR count). The van der Waals surface area contributed by atoms with Crippen molar-refractivity contribution < 1.29 is 8.42 Å². The molecule has 2 heterocycles. The summed E-state index contributed by atoms with van der Waals surface area (Å²) in [6, 6.07) is 4.73. The quantitative estimate of drug-likeness (QED) is 0.825. The van der Waals surface area contributed by atoms with Crippen molar-refractivity contribution in [1.29, 1.82) is 0 Å². The van der Waals surface area contributed by atoms with Crippen LogP contribution in [-0.4, -0.2) is 23.2 Å². The van der Waals surface area contributed by atoms with E-state index in [-0.39, 0.29) is 10.7 Å². The Kier molecular flexibility index (Phi) is 4.35. The lowest BCUT2D eigenvalue weighted by Crippen LogP contribution is -2.13. The Morgan fingerprint density at radius 3 is 2.85 bits per heavy atom. The second-order valence-electron chi connectivity index (χ2n) is 4.28. The largest absolute Gasteiger partial charge is 0.349 e. The van der Waals surface area contributed by atoms with Gasteiger partial charge in [-0.25, -0.2) is 8.42 Å². The van der Waals surface area contributed by atoms with Crippen LogP contribution in [0.25, 0.3) is 0 Å². The average Bonchev–Trinajstić information content (AvgIpc) is 2.84. The standard InChI is InChI=1S/C12H17N5O2S/c1-2-6-17-9-11(7-10(17)8-13)20(18,19)16-12-4-3-5-14-15-12/h3-5,7,9H,2,6,8,13H2,1H3,(H,15,16). The van der Waals surface area contributed by atoms with Crippen LogP contribution in [-0.2, 0) is 23.1 Å². The zero-order valence-corrected chi connectivity index (χ0v) is 12.0. The average molecular weight is 295 g/mol. The highest BCUT2D eigenvalue weighted by Gasteiger charge is 2.18. The summed E-state index contributed by atoms with van der Waals surface area (Å²) in [4.78, 5) is 0.178. The molecular weight excluding hydrogens is 278 g/mol. The lowest BCUT2D eigenvalue weighted by molar-refractivity contribution is 0.599. The Morgan fingerprint density at radius 1 is 1.45 bits per heavy atom. The van der Waals surface area contributed by atoms with Gasteiger partial charge in [-0.1, -0.05) is 6.92 Å². The van der Waals surface area contributed by atoms with Crippen LogP contribution >= 0.6 is 0 Å². The van der Waals surface area contributed by atoms with Crippen LogP contribution in [0.4, 0.5) is 5.82 Å². The van der Waals surface area contributed by atoms with Crippen LogP contribution in [0.5, 0.6) is 0 Å². The lowest BCUT2D eigenvalue weighted by atomic mass is 10.4. The first-order chi connectivity index (χ1) is 9.56. The number of aryl methyl sites for hydroxylation is 1. The van der Waals surface area contributed by atoms with Crippen LogP contribution in [0, 0.1) is 0 Å². The number of anilines is 1. The van der Waals surface area contributed by atoms with Gasteiger partial charge in [0.05, 0.1) is 0 Å². The first kappa shape index (κ1) is 14.5. The molecule has 2 aromatic heterocycles. The molecule has 3 N–H and O–H groups in total. The molecule has 7 nitrogen and oxygen atoms in total. The zero-order chi connectivity index (χ0) is 14.6. The van der Waals surface area contributed by atoms with Crippen molar-refractivity contribution >= 4 is 15.8 Å². The molecule has 0 aliphatic carbocycles. The molecule has 108 valence electrons. The minimum absolute atomic E-state index is 0.178. The first-order valence-corrected chi connectivity index (χ1v) is 7.74. The third-order valence-electron chi connectivity index (χ3n) is 2.76. The van der Waals surface area contributed by atoms with Crippen molar-refractivity contribution in [1.82, 2.24) is 14.8 Å². The van der Waals surface area contributed by atoms with E-state index in [0.29, 0.717) is 6.54 Å². The molecule has 0 fully saturated rings. The molecule has 20 heavy (non-hydrogen) atoms. The van der Waals surface area contributed by atoms with Gasteiger partial charge in [0.15, 0.2) is 5.82 Å². The summed E-state index contributed by atoms with van der Waals surface area (Å²) in [5, 5.41) is 7.33. The Hall–Kier alpha value is -1.93. The minimum Gasteiger partial charge on any atom is -0.349 e. The normalized spacial score (nSPS) is 11.5. The highest BCUT2D eigenvalue weighted by molar-refractivity contribution is 7.92. The predicted octanol–water partition coefficient (Wildman–Crippen LogP) is 0.948. The number of sulfonamides is 1. The zero-order valence-electron chi connectivity index (χ0n) is 11.2. The first-order valence-electron chi connectivity index (χ1n) is 6.26. The van der Waals surface area contributed by atoms with Crippen molar-refractivity contribution in [2.24, 2.45) is 5.73 Å². The minimum atomic E-state index is -3.67. The Morgan fingerprint density at radius 2 is 2.25 bits per heavy atom. The molecule has 8 heteroatoms. The summed E-state index contributed by atoms with van der Waals surface area (Å²) in [6.45, 7) is 3.04. The monoisotopic (exact) mass is 295 g/mol. The molecule has 0 unspecified atom stereocenters. The smallest absolute Gasteiger partial charge is 0.264 e. The number of aromatic nitrogens is 3. The summed E-state index contributed by atoms with van der Waals surface area (Å²) >= 11 is 0. The number of hydrogen-bond acceptors (Lipinski definition) is 5. The van der Waals surface area contributed by atoms with Crippen molar-refractivity contribution in [3.8, 4) is 0 Å². The van der Waals surface area contributed by atoms with Crippen LogP contribution in [0.2, 0.25) is 0 Å². The van der Waals surface area contributed by atoms with Gasteiger partial charge in [0.1, 0.15) is 4.90 Å². The molecule has 0 saturated heterocycles. The van der Waals surface area contributed by atoms with Gasteiger partial charge in [0.25, 0.3) is 10.0 Å². The van der Waals surface area contributed by atoms with E-state index in [1.54, 1.807) is 18.3 Å². The molecule has 0 radical (unpaired) electrons. The summed E-state index contributed by atoms with van der Waals surface area (Å²) in [5.74, 6) is 0.185. The maximum atomic E-state index is 12.3. The maximum absolute atomic E-state index is 12.3. The number of nitrogens with one attached hydrogen (secondary N) is 1. The maximum Gasteiger partial charge on any atom is 0.264 e. The Labute approximate surface area is 117 Å². The van der Waals surface area contributed by atoms with Gasteiger partial charge in [-0.2, -0.15) is 5.10 Å². The number of hydrogen-bond donors (Lipinski definition) is 2. The second kappa shape index (κ2) is 6.02. The van der Waals surface area contributed by atoms with E-state index in [0.717, 1.165) is 18.7 Å². The summed E-state index contributed by atoms with van der Waals surface area (Å²) in [5.41, 5.74) is 6.42. The second-order valence-corrected chi connectivity index (χ2v) is 5.96. The molecule has 0 amide bonds. The van der Waals surface area contributed by atoms with Gasteiger partial charge in [0.2, 0.25) is 0 Å². The Balaban J connectivity index is 2.30. The van der Waals surface area contributed by atoms with Gasteiger partial charge in [-0.15, -0.1) is 5.10 Å². The van der Waals surface area contributed by atoms with Crippen LogP contribution in [0.1, 0.15) is 19.0 Å². The van der Waals surface area contributed by atoms with Crippen LogP contribution in [0.3, 0.4) is 0 Å². The van der Waals surface area contributed by atoms with Gasteiger partial charge >= 0.3 is 0 Å². The van der Waals surface area contributed by atoms with Crippen molar-refractivity contribution in [3.05, 3.63) is 36.3 Å². The van der Waals surface area contributed by atoms with Crippen molar-refractivity contribution in [2.75, 3.05) is 4.72 Å². The van der Waals surface area contributed by atoms with E-state index < -0.39 is 10.0 Å². The SMILES string of the molecule is CCCn1cc(S(=O)(=O)Nc2cccnn2)cc1CN. The predicted molar refractivity (Wildman–Crippen MR) is 75.5 cm³/mol. The van der Waals surface area contributed by atoms with Crippen LogP contribution in [0.15, 0.2) is 35.5 Å². The molecule has 0 bridgehead atoms. The number of nitrogens with zero attached hydrogens (tertiary/aromatic N) is 3. The number of rotatable bonds is 6. The molecule has 0 spiro atoms. The molecule has 2 aromatic rings.